The van der Waals surface area contributed by atoms with Gasteiger partial charge in [-0.05, 0) is 41.7 Å². The van der Waals surface area contributed by atoms with Gasteiger partial charge in [0.05, 0.1) is 5.52 Å². The van der Waals surface area contributed by atoms with E-state index < -0.39 is 0 Å². The van der Waals surface area contributed by atoms with Crippen LogP contribution in [0.1, 0.15) is 19.4 Å². The largest absolute Gasteiger partial charge is 0.330 e. The number of rotatable bonds is 4. The molecule has 3 heteroatoms. The Labute approximate surface area is 165 Å². The van der Waals surface area contributed by atoms with Crippen molar-refractivity contribution >= 4 is 22.6 Å². The minimum atomic E-state index is -0.157. The Bertz CT molecular complexity index is 1110. The predicted octanol–water partition coefficient (Wildman–Crippen LogP) is 6.59. The Hall–Kier alpha value is -3.33. The molecule has 1 heterocycles. The van der Waals surface area contributed by atoms with Crippen LogP contribution in [0, 0.1) is 5.92 Å². The Morgan fingerprint density at radius 2 is 1.54 bits per heavy atom. The molecule has 0 radical (unpaired) electrons. The molecule has 0 unspecified atom stereocenters. The van der Waals surface area contributed by atoms with Crippen LogP contribution in [0.4, 0.5) is 10.5 Å². The predicted molar refractivity (Wildman–Crippen MR) is 117 cm³/mol. The zero-order valence-electron chi connectivity index (χ0n) is 16.2. The number of carbonyl (C=O) groups is 1. The SMILES string of the molecule is CC(C)Cc1ccccc1-c1cn(C(=O)Nc2ccccc2)c2ccccc12. The molecule has 4 rings (SSSR count). The molecule has 140 valence electrons. The van der Waals surface area contributed by atoms with Crippen molar-refractivity contribution in [1.82, 2.24) is 4.57 Å². The molecule has 4 aromatic rings. The van der Waals surface area contributed by atoms with Gasteiger partial charge in [0.1, 0.15) is 0 Å². The molecule has 1 amide bonds. The molecule has 0 saturated heterocycles. The minimum Gasteiger partial charge on any atom is -0.307 e. The van der Waals surface area contributed by atoms with Gasteiger partial charge in [-0.2, -0.15) is 0 Å². The van der Waals surface area contributed by atoms with E-state index in [1.807, 2.05) is 54.7 Å². The van der Waals surface area contributed by atoms with Crippen molar-refractivity contribution in [2.45, 2.75) is 20.3 Å². The number of carbonyl (C=O) groups excluding carboxylic acids is 1. The third-order valence-corrected chi connectivity index (χ3v) is 4.89. The highest BCUT2D eigenvalue weighted by molar-refractivity contribution is 6.04. The van der Waals surface area contributed by atoms with Crippen LogP contribution in [0.5, 0.6) is 0 Å². The van der Waals surface area contributed by atoms with E-state index in [-0.39, 0.29) is 6.03 Å². The highest BCUT2D eigenvalue weighted by Crippen LogP contribution is 2.33. The molecule has 0 aliphatic rings. The second-order valence-electron chi connectivity index (χ2n) is 7.48. The fourth-order valence-corrected chi connectivity index (χ4v) is 3.67. The molecule has 0 saturated carbocycles. The topological polar surface area (TPSA) is 34.0 Å². The molecule has 0 spiro atoms. The average molecular weight is 368 g/mol. The Morgan fingerprint density at radius 1 is 0.857 bits per heavy atom. The maximum Gasteiger partial charge on any atom is 0.330 e. The van der Waals surface area contributed by atoms with Gasteiger partial charge in [-0.1, -0.05) is 74.5 Å². The van der Waals surface area contributed by atoms with Crippen LogP contribution >= 0.6 is 0 Å². The summed E-state index contributed by atoms with van der Waals surface area (Å²) in [4.78, 5) is 13.0. The molecule has 1 aromatic heterocycles. The summed E-state index contributed by atoms with van der Waals surface area (Å²) in [5.74, 6) is 0.566. The van der Waals surface area contributed by atoms with E-state index in [1.54, 1.807) is 4.57 Å². The summed E-state index contributed by atoms with van der Waals surface area (Å²) in [5, 5.41) is 4.07. The molecule has 0 bridgehead atoms. The summed E-state index contributed by atoms with van der Waals surface area (Å²) in [6, 6.07) is 26.0. The van der Waals surface area contributed by atoms with Gasteiger partial charge in [0.2, 0.25) is 0 Å². The van der Waals surface area contributed by atoms with Gasteiger partial charge in [0.15, 0.2) is 0 Å². The molecular formula is C25H24N2O. The minimum absolute atomic E-state index is 0.157. The summed E-state index contributed by atoms with van der Waals surface area (Å²) in [7, 11) is 0. The van der Waals surface area contributed by atoms with Gasteiger partial charge in [-0.25, -0.2) is 4.79 Å². The number of nitrogens with one attached hydrogen (secondary N) is 1. The Balaban J connectivity index is 1.81. The van der Waals surface area contributed by atoms with E-state index in [1.165, 1.54) is 11.1 Å². The van der Waals surface area contributed by atoms with Crippen molar-refractivity contribution in [2.24, 2.45) is 5.92 Å². The fraction of sp³-hybridized carbons (Fsp3) is 0.160. The number of hydrogen-bond donors (Lipinski definition) is 1. The maximum absolute atomic E-state index is 13.0. The van der Waals surface area contributed by atoms with Gasteiger partial charge in [0, 0.05) is 22.8 Å². The standard InChI is InChI=1S/C25H24N2O/c1-18(2)16-19-10-6-7-13-21(19)23-17-27(24-15-9-8-14-22(23)24)25(28)26-20-11-4-3-5-12-20/h3-15,17-18H,16H2,1-2H3,(H,26,28). The first kappa shape index (κ1) is 18.1. The molecule has 1 N–H and O–H groups in total. The summed E-state index contributed by atoms with van der Waals surface area (Å²) < 4.78 is 1.71. The summed E-state index contributed by atoms with van der Waals surface area (Å²) in [5.41, 5.74) is 5.29. The Morgan fingerprint density at radius 3 is 2.32 bits per heavy atom. The molecule has 28 heavy (non-hydrogen) atoms. The molecule has 0 aliphatic carbocycles. The van der Waals surface area contributed by atoms with Crippen LogP contribution in [-0.4, -0.2) is 10.6 Å². The van der Waals surface area contributed by atoms with Gasteiger partial charge >= 0.3 is 6.03 Å². The van der Waals surface area contributed by atoms with Gasteiger partial charge in [-0.15, -0.1) is 0 Å². The average Bonchev–Trinajstić information content (AvgIpc) is 3.08. The van der Waals surface area contributed by atoms with E-state index in [9.17, 15) is 4.79 Å². The first-order valence-electron chi connectivity index (χ1n) is 9.68. The number of benzene rings is 3. The van der Waals surface area contributed by atoms with Gasteiger partial charge < -0.3 is 5.32 Å². The third kappa shape index (κ3) is 3.56. The molecule has 3 aromatic carbocycles. The molecule has 0 atom stereocenters. The number of anilines is 1. The van der Waals surface area contributed by atoms with E-state index in [0.29, 0.717) is 5.92 Å². The molecule has 0 aliphatic heterocycles. The first-order chi connectivity index (χ1) is 13.6. The fourth-order valence-electron chi connectivity index (χ4n) is 3.67. The van der Waals surface area contributed by atoms with Crippen molar-refractivity contribution < 1.29 is 4.79 Å². The van der Waals surface area contributed by atoms with Crippen molar-refractivity contribution in [2.75, 3.05) is 5.32 Å². The number of amides is 1. The maximum atomic E-state index is 13.0. The zero-order chi connectivity index (χ0) is 19.5. The summed E-state index contributed by atoms with van der Waals surface area (Å²) in [6.45, 7) is 4.46. The molecule has 3 nitrogen and oxygen atoms in total. The monoisotopic (exact) mass is 368 g/mol. The lowest BCUT2D eigenvalue weighted by Crippen LogP contribution is -2.18. The second-order valence-corrected chi connectivity index (χ2v) is 7.48. The number of fused-ring (bicyclic) bond motifs is 1. The summed E-state index contributed by atoms with van der Waals surface area (Å²) in [6.07, 6.45) is 2.97. The smallest absolute Gasteiger partial charge is 0.307 e. The van der Waals surface area contributed by atoms with Crippen LogP contribution in [0.3, 0.4) is 0 Å². The highest BCUT2D eigenvalue weighted by Gasteiger charge is 2.17. The Kier molecular flexibility index (Phi) is 4.98. The van der Waals surface area contributed by atoms with Gasteiger partial charge in [-0.3, -0.25) is 4.57 Å². The lowest BCUT2D eigenvalue weighted by molar-refractivity contribution is 0.254. The number of nitrogens with zero attached hydrogens (tertiary/aromatic N) is 1. The van der Waals surface area contributed by atoms with Crippen molar-refractivity contribution in [3.63, 3.8) is 0 Å². The lowest BCUT2D eigenvalue weighted by atomic mass is 9.93. The van der Waals surface area contributed by atoms with Crippen LogP contribution in [0.25, 0.3) is 22.0 Å². The molecule has 0 fully saturated rings. The number of hydrogen-bond acceptors (Lipinski definition) is 1. The zero-order valence-corrected chi connectivity index (χ0v) is 16.2. The van der Waals surface area contributed by atoms with Gasteiger partial charge in [0.25, 0.3) is 0 Å². The second kappa shape index (κ2) is 7.73. The van der Waals surface area contributed by atoms with Crippen molar-refractivity contribution in [3.05, 3.63) is 90.6 Å². The molecular weight excluding hydrogens is 344 g/mol. The quantitative estimate of drug-likeness (QED) is 0.433. The lowest BCUT2D eigenvalue weighted by Gasteiger charge is -2.11. The van der Waals surface area contributed by atoms with Crippen molar-refractivity contribution in [1.29, 1.82) is 0 Å². The third-order valence-electron chi connectivity index (χ3n) is 4.89. The van der Waals surface area contributed by atoms with E-state index in [0.717, 1.165) is 28.6 Å². The van der Waals surface area contributed by atoms with Crippen LogP contribution in [-0.2, 0) is 6.42 Å². The highest BCUT2D eigenvalue weighted by atomic mass is 16.2. The first-order valence-corrected chi connectivity index (χ1v) is 9.68. The summed E-state index contributed by atoms with van der Waals surface area (Å²) >= 11 is 0. The number of para-hydroxylation sites is 2. The normalized spacial score (nSPS) is 11.1. The van der Waals surface area contributed by atoms with E-state index >= 15 is 0 Å². The van der Waals surface area contributed by atoms with Crippen LogP contribution in [0.2, 0.25) is 0 Å². The number of aromatic nitrogens is 1. The van der Waals surface area contributed by atoms with Crippen molar-refractivity contribution in [3.8, 4) is 11.1 Å². The van der Waals surface area contributed by atoms with Crippen LogP contribution in [0.15, 0.2) is 85.1 Å². The van der Waals surface area contributed by atoms with E-state index in [4.69, 9.17) is 0 Å². The van der Waals surface area contributed by atoms with Crippen LogP contribution < -0.4 is 5.32 Å². The van der Waals surface area contributed by atoms with E-state index in [2.05, 4.69) is 49.5 Å².